The summed E-state index contributed by atoms with van der Waals surface area (Å²) in [5.74, 6) is 0.441. The molecule has 0 spiro atoms. The highest BCUT2D eigenvalue weighted by Crippen LogP contribution is 2.22. The summed E-state index contributed by atoms with van der Waals surface area (Å²) in [4.78, 5) is 12.0. The highest BCUT2D eigenvalue weighted by atomic mass is 35.5. The Labute approximate surface area is 128 Å². The molecule has 0 aromatic heterocycles. The minimum absolute atomic E-state index is 0.147. The Hall–Kier alpha value is -2.04. The van der Waals surface area contributed by atoms with Crippen LogP contribution in [0.2, 0.25) is 5.02 Å². The summed E-state index contributed by atoms with van der Waals surface area (Å²) in [5.41, 5.74) is 2.08. The molecule has 0 bridgehead atoms. The molecule has 4 nitrogen and oxygen atoms in total. The number of anilines is 1. The largest absolute Gasteiger partial charge is 0.496 e. The first-order chi connectivity index (χ1) is 10.1. The third kappa shape index (κ3) is 4.21. The van der Waals surface area contributed by atoms with Crippen LogP contribution in [-0.4, -0.2) is 18.1 Å². The SMILES string of the molecule is COc1ccc(NC(=O)Cc2cccc(Cl)c2)cc1CO. The Morgan fingerprint density at radius 2 is 2.10 bits per heavy atom. The second kappa shape index (κ2) is 7.11. The van der Waals surface area contributed by atoms with Gasteiger partial charge in [0.15, 0.2) is 0 Å². The summed E-state index contributed by atoms with van der Waals surface area (Å²) >= 11 is 5.89. The molecule has 5 heteroatoms. The number of amides is 1. The molecule has 0 unspecified atom stereocenters. The lowest BCUT2D eigenvalue weighted by molar-refractivity contribution is -0.115. The fraction of sp³-hybridized carbons (Fsp3) is 0.188. The molecule has 2 rings (SSSR count). The van der Waals surface area contributed by atoms with Crippen molar-refractivity contribution in [2.24, 2.45) is 0 Å². The zero-order valence-electron chi connectivity index (χ0n) is 11.6. The van der Waals surface area contributed by atoms with E-state index < -0.39 is 0 Å². The predicted octanol–water partition coefficient (Wildman–Crippen LogP) is 3.02. The second-order valence-corrected chi connectivity index (χ2v) is 4.98. The molecule has 0 heterocycles. The van der Waals surface area contributed by atoms with Crippen molar-refractivity contribution in [2.45, 2.75) is 13.0 Å². The van der Waals surface area contributed by atoms with Gasteiger partial charge in [0.1, 0.15) is 5.75 Å². The number of ether oxygens (including phenoxy) is 1. The first kappa shape index (κ1) is 15.4. The van der Waals surface area contributed by atoms with Crippen LogP contribution in [0.3, 0.4) is 0 Å². The van der Waals surface area contributed by atoms with E-state index in [1.807, 2.05) is 12.1 Å². The zero-order valence-corrected chi connectivity index (χ0v) is 12.4. The molecule has 0 aliphatic carbocycles. The molecule has 0 atom stereocenters. The third-order valence-corrected chi connectivity index (χ3v) is 3.22. The van der Waals surface area contributed by atoms with Gasteiger partial charge in [-0.25, -0.2) is 0 Å². The molecular weight excluding hydrogens is 290 g/mol. The van der Waals surface area contributed by atoms with Gasteiger partial charge in [0.25, 0.3) is 0 Å². The van der Waals surface area contributed by atoms with Gasteiger partial charge in [0.05, 0.1) is 20.1 Å². The summed E-state index contributed by atoms with van der Waals surface area (Å²) in [6, 6.07) is 12.3. The summed E-state index contributed by atoms with van der Waals surface area (Å²) in [5, 5.41) is 12.7. The second-order valence-electron chi connectivity index (χ2n) is 4.54. The normalized spacial score (nSPS) is 10.2. The lowest BCUT2D eigenvalue weighted by Crippen LogP contribution is -2.14. The average Bonchev–Trinajstić information content (AvgIpc) is 2.47. The topological polar surface area (TPSA) is 58.6 Å². The number of benzene rings is 2. The van der Waals surface area contributed by atoms with Crippen molar-refractivity contribution in [1.29, 1.82) is 0 Å². The summed E-state index contributed by atoms with van der Waals surface area (Å²) in [7, 11) is 1.53. The Balaban J connectivity index is 2.06. The van der Waals surface area contributed by atoms with E-state index in [0.717, 1.165) is 5.56 Å². The van der Waals surface area contributed by atoms with E-state index in [9.17, 15) is 9.90 Å². The molecule has 2 aromatic carbocycles. The number of aliphatic hydroxyl groups is 1. The number of carbonyl (C=O) groups is 1. The summed E-state index contributed by atoms with van der Waals surface area (Å²) in [6.07, 6.45) is 0.237. The Kier molecular flexibility index (Phi) is 5.20. The van der Waals surface area contributed by atoms with E-state index in [1.165, 1.54) is 7.11 Å². The molecule has 0 aliphatic heterocycles. The molecule has 0 saturated carbocycles. The summed E-state index contributed by atoms with van der Waals surface area (Å²) in [6.45, 7) is -0.152. The Bertz CT molecular complexity index is 643. The number of halogens is 1. The first-order valence-electron chi connectivity index (χ1n) is 6.44. The standard InChI is InChI=1S/C16H16ClNO3/c1-21-15-6-5-14(9-12(15)10-19)18-16(20)8-11-3-2-4-13(17)7-11/h2-7,9,19H,8,10H2,1H3,(H,18,20). The smallest absolute Gasteiger partial charge is 0.228 e. The molecule has 0 radical (unpaired) electrons. The molecule has 21 heavy (non-hydrogen) atoms. The molecule has 110 valence electrons. The maximum Gasteiger partial charge on any atom is 0.228 e. The van der Waals surface area contributed by atoms with Crippen molar-refractivity contribution in [1.82, 2.24) is 0 Å². The summed E-state index contributed by atoms with van der Waals surface area (Å²) < 4.78 is 5.12. The highest BCUT2D eigenvalue weighted by Gasteiger charge is 2.07. The van der Waals surface area contributed by atoms with Gasteiger partial charge in [0.2, 0.25) is 5.91 Å². The molecular formula is C16H16ClNO3. The quantitative estimate of drug-likeness (QED) is 0.892. The van der Waals surface area contributed by atoms with Crippen molar-refractivity contribution >= 4 is 23.2 Å². The van der Waals surface area contributed by atoms with E-state index in [1.54, 1.807) is 30.3 Å². The first-order valence-corrected chi connectivity index (χ1v) is 6.82. The van der Waals surface area contributed by atoms with E-state index in [-0.39, 0.29) is 18.9 Å². The Morgan fingerprint density at radius 3 is 2.76 bits per heavy atom. The van der Waals surface area contributed by atoms with E-state index in [0.29, 0.717) is 22.0 Å². The molecule has 2 aromatic rings. The van der Waals surface area contributed by atoms with Crippen molar-refractivity contribution in [2.75, 3.05) is 12.4 Å². The molecule has 0 aliphatic rings. The van der Waals surface area contributed by atoms with Crippen molar-refractivity contribution in [3.63, 3.8) is 0 Å². The lowest BCUT2D eigenvalue weighted by Gasteiger charge is -2.10. The van der Waals surface area contributed by atoms with Gasteiger partial charge in [-0.15, -0.1) is 0 Å². The van der Waals surface area contributed by atoms with Crippen LogP contribution in [0.4, 0.5) is 5.69 Å². The van der Waals surface area contributed by atoms with Crippen LogP contribution < -0.4 is 10.1 Å². The number of methoxy groups -OCH3 is 1. The van der Waals surface area contributed by atoms with Gasteiger partial charge in [-0.3, -0.25) is 4.79 Å². The van der Waals surface area contributed by atoms with E-state index in [4.69, 9.17) is 16.3 Å². The number of hydrogen-bond acceptors (Lipinski definition) is 3. The average molecular weight is 306 g/mol. The van der Waals surface area contributed by atoms with Crippen LogP contribution >= 0.6 is 11.6 Å². The van der Waals surface area contributed by atoms with Crippen LogP contribution in [0.25, 0.3) is 0 Å². The fourth-order valence-corrected chi connectivity index (χ4v) is 2.23. The van der Waals surface area contributed by atoms with Gasteiger partial charge in [-0.05, 0) is 35.9 Å². The van der Waals surface area contributed by atoms with Gasteiger partial charge < -0.3 is 15.2 Å². The van der Waals surface area contributed by atoms with E-state index in [2.05, 4.69) is 5.32 Å². The fourth-order valence-electron chi connectivity index (χ4n) is 2.02. The van der Waals surface area contributed by atoms with Gasteiger partial charge in [-0.2, -0.15) is 0 Å². The maximum absolute atomic E-state index is 12.0. The highest BCUT2D eigenvalue weighted by molar-refractivity contribution is 6.30. The van der Waals surface area contributed by atoms with Crippen molar-refractivity contribution in [3.8, 4) is 5.75 Å². The molecule has 1 amide bonds. The van der Waals surface area contributed by atoms with Crippen molar-refractivity contribution in [3.05, 3.63) is 58.6 Å². The molecule has 0 fully saturated rings. The van der Waals surface area contributed by atoms with Crippen molar-refractivity contribution < 1.29 is 14.6 Å². The molecule has 2 N–H and O–H groups in total. The van der Waals surface area contributed by atoms with Gasteiger partial charge >= 0.3 is 0 Å². The zero-order chi connectivity index (χ0) is 15.2. The number of carbonyl (C=O) groups excluding carboxylic acids is 1. The van der Waals surface area contributed by atoms with Gasteiger partial charge in [0, 0.05) is 16.3 Å². The predicted molar refractivity (Wildman–Crippen MR) is 82.7 cm³/mol. The third-order valence-electron chi connectivity index (χ3n) is 2.99. The van der Waals surface area contributed by atoms with Gasteiger partial charge in [-0.1, -0.05) is 23.7 Å². The van der Waals surface area contributed by atoms with Crippen LogP contribution in [-0.2, 0) is 17.8 Å². The van der Waals surface area contributed by atoms with Crippen LogP contribution in [0.5, 0.6) is 5.75 Å². The van der Waals surface area contributed by atoms with Crippen LogP contribution in [0.1, 0.15) is 11.1 Å². The molecule has 0 saturated heterocycles. The number of hydrogen-bond donors (Lipinski definition) is 2. The van der Waals surface area contributed by atoms with Crippen LogP contribution in [0, 0.1) is 0 Å². The minimum Gasteiger partial charge on any atom is -0.496 e. The monoisotopic (exact) mass is 305 g/mol. The van der Waals surface area contributed by atoms with E-state index >= 15 is 0 Å². The van der Waals surface area contributed by atoms with Crippen LogP contribution in [0.15, 0.2) is 42.5 Å². The lowest BCUT2D eigenvalue weighted by atomic mass is 10.1. The number of aliphatic hydroxyl groups excluding tert-OH is 1. The number of nitrogens with one attached hydrogen (secondary N) is 1. The maximum atomic E-state index is 12.0. The Morgan fingerprint density at radius 1 is 1.29 bits per heavy atom. The number of rotatable bonds is 5. The minimum atomic E-state index is -0.152.